The van der Waals surface area contributed by atoms with E-state index in [9.17, 15) is 5.11 Å². The van der Waals surface area contributed by atoms with E-state index < -0.39 is 0 Å². The molecule has 0 amide bonds. The largest absolute Gasteiger partial charge is 0.389 e. The highest BCUT2D eigenvalue weighted by Crippen LogP contribution is 2.33. The molecule has 112 valence electrons. The zero-order valence-electron chi connectivity index (χ0n) is 12.6. The Morgan fingerprint density at radius 1 is 1.26 bits per heavy atom. The van der Waals surface area contributed by atoms with Crippen molar-refractivity contribution in [3.8, 4) is 0 Å². The molecule has 4 unspecified atom stereocenters. The Hall–Kier alpha value is -0.120. The summed E-state index contributed by atoms with van der Waals surface area (Å²) in [6.07, 6.45) is 9.02. The molecule has 3 nitrogen and oxygen atoms in total. The molecule has 2 aliphatic rings. The Morgan fingerprint density at radius 2 is 2.05 bits per heavy atom. The third kappa shape index (κ3) is 6.24. The van der Waals surface area contributed by atoms with Crippen LogP contribution in [0.1, 0.15) is 58.8 Å². The first-order chi connectivity index (χ1) is 9.13. The smallest absolute Gasteiger partial charge is 0.0897 e. The van der Waals surface area contributed by atoms with Gasteiger partial charge in [0.2, 0.25) is 0 Å². The summed E-state index contributed by atoms with van der Waals surface area (Å²) in [5, 5.41) is 13.4. The van der Waals surface area contributed by atoms with Crippen LogP contribution in [0.3, 0.4) is 0 Å². The molecule has 2 N–H and O–H groups in total. The SMILES string of the molecule is CC1CCCC(OCC(O)CNC(C)CC2CC2)C1. The molecule has 0 saturated heterocycles. The van der Waals surface area contributed by atoms with Crippen molar-refractivity contribution in [2.45, 2.75) is 77.0 Å². The van der Waals surface area contributed by atoms with Crippen molar-refractivity contribution in [3.63, 3.8) is 0 Å². The summed E-state index contributed by atoms with van der Waals surface area (Å²) in [7, 11) is 0. The molecule has 0 bridgehead atoms. The van der Waals surface area contributed by atoms with Crippen LogP contribution in [0.25, 0.3) is 0 Å². The van der Waals surface area contributed by atoms with Gasteiger partial charge < -0.3 is 15.2 Å². The monoisotopic (exact) mass is 269 g/mol. The van der Waals surface area contributed by atoms with E-state index in [1.807, 2.05) is 0 Å². The summed E-state index contributed by atoms with van der Waals surface area (Å²) in [6.45, 7) is 5.67. The van der Waals surface area contributed by atoms with Crippen molar-refractivity contribution >= 4 is 0 Å². The number of ether oxygens (including phenoxy) is 1. The summed E-state index contributed by atoms with van der Waals surface area (Å²) in [5.74, 6) is 1.73. The van der Waals surface area contributed by atoms with Crippen molar-refractivity contribution in [2.75, 3.05) is 13.2 Å². The topological polar surface area (TPSA) is 41.5 Å². The van der Waals surface area contributed by atoms with E-state index in [2.05, 4.69) is 19.2 Å². The molecule has 4 atom stereocenters. The van der Waals surface area contributed by atoms with Crippen LogP contribution < -0.4 is 5.32 Å². The van der Waals surface area contributed by atoms with Gasteiger partial charge in [0.1, 0.15) is 0 Å². The van der Waals surface area contributed by atoms with Crippen molar-refractivity contribution < 1.29 is 9.84 Å². The van der Waals surface area contributed by atoms with Gasteiger partial charge in [0.25, 0.3) is 0 Å². The molecular formula is C16H31NO2. The molecule has 3 heteroatoms. The zero-order valence-corrected chi connectivity index (χ0v) is 12.6. The van der Waals surface area contributed by atoms with E-state index in [0.717, 1.165) is 18.3 Å². The molecule has 2 aliphatic carbocycles. The van der Waals surface area contributed by atoms with Gasteiger partial charge in [0.15, 0.2) is 0 Å². The first-order valence-corrected chi connectivity index (χ1v) is 8.16. The zero-order chi connectivity index (χ0) is 13.7. The van der Waals surface area contributed by atoms with E-state index in [0.29, 0.717) is 25.3 Å². The number of rotatable bonds is 8. The van der Waals surface area contributed by atoms with Crippen LogP contribution in [-0.2, 0) is 4.74 Å². The van der Waals surface area contributed by atoms with Gasteiger partial charge in [0.05, 0.1) is 18.8 Å². The molecule has 0 heterocycles. The van der Waals surface area contributed by atoms with Gasteiger partial charge in [-0.2, -0.15) is 0 Å². The molecule has 0 aliphatic heterocycles. The van der Waals surface area contributed by atoms with Gasteiger partial charge in [0, 0.05) is 12.6 Å². The Labute approximate surface area is 118 Å². The van der Waals surface area contributed by atoms with E-state index in [1.165, 1.54) is 38.5 Å². The second-order valence-electron chi connectivity index (χ2n) is 6.87. The third-order valence-corrected chi connectivity index (χ3v) is 4.50. The van der Waals surface area contributed by atoms with Gasteiger partial charge in [-0.05, 0) is 38.0 Å². The molecule has 2 rings (SSSR count). The lowest BCUT2D eigenvalue weighted by Gasteiger charge is -2.28. The molecule has 0 aromatic rings. The van der Waals surface area contributed by atoms with Crippen LogP contribution in [0.4, 0.5) is 0 Å². The Morgan fingerprint density at radius 3 is 2.74 bits per heavy atom. The second-order valence-corrected chi connectivity index (χ2v) is 6.87. The molecule has 0 aromatic heterocycles. The molecule has 19 heavy (non-hydrogen) atoms. The summed E-state index contributed by atoms with van der Waals surface area (Å²) >= 11 is 0. The van der Waals surface area contributed by atoms with Crippen molar-refractivity contribution in [3.05, 3.63) is 0 Å². The predicted octanol–water partition coefficient (Wildman–Crippen LogP) is 2.72. The second kappa shape index (κ2) is 7.61. The molecule has 0 radical (unpaired) electrons. The van der Waals surface area contributed by atoms with Gasteiger partial charge in [-0.15, -0.1) is 0 Å². The van der Waals surface area contributed by atoms with Gasteiger partial charge in [-0.25, -0.2) is 0 Å². The summed E-state index contributed by atoms with van der Waals surface area (Å²) in [4.78, 5) is 0. The van der Waals surface area contributed by atoms with E-state index in [1.54, 1.807) is 0 Å². The standard InChI is InChI=1S/C16H31NO2/c1-12-4-3-5-16(8-12)19-11-15(18)10-17-13(2)9-14-6-7-14/h12-18H,3-11H2,1-2H3. The lowest BCUT2D eigenvalue weighted by atomic mass is 9.89. The highest BCUT2D eigenvalue weighted by Gasteiger charge is 2.24. The summed E-state index contributed by atoms with van der Waals surface area (Å²) in [6, 6.07) is 0.525. The highest BCUT2D eigenvalue weighted by atomic mass is 16.5. The van der Waals surface area contributed by atoms with Crippen LogP contribution in [0.5, 0.6) is 0 Å². The fourth-order valence-corrected chi connectivity index (χ4v) is 3.11. The number of nitrogens with one attached hydrogen (secondary N) is 1. The van der Waals surface area contributed by atoms with E-state index in [4.69, 9.17) is 4.74 Å². The van der Waals surface area contributed by atoms with Crippen LogP contribution >= 0.6 is 0 Å². The van der Waals surface area contributed by atoms with E-state index >= 15 is 0 Å². The maximum absolute atomic E-state index is 9.96. The van der Waals surface area contributed by atoms with Crippen LogP contribution in [-0.4, -0.2) is 36.5 Å². The third-order valence-electron chi connectivity index (χ3n) is 4.50. The average molecular weight is 269 g/mol. The Bertz CT molecular complexity index is 255. The average Bonchev–Trinajstić information content (AvgIpc) is 3.18. The van der Waals surface area contributed by atoms with Crippen molar-refractivity contribution in [1.82, 2.24) is 5.32 Å². The van der Waals surface area contributed by atoms with E-state index in [-0.39, 0.29) is 6.10 Å². The fourth-order valence-electron chi connectivity index (χ4n) is 3.11. The fraction of sp³-hybridized carbons (Fsp3) is 1.00. The molecular weight excluding hydrogens is 238 g/mol. The summed E-state index contributed by atoms with van der Waals surface area (Å²) in [5.41, 5.74) is 0. The first kappa shape index (κ1) is 15.3. The Kier molecular flexibility index (Phi) is 6.11. The molecule has 0 aromatic carbocycles. The number of aliphatic hydroxyl groups is 1. The first-order valence-electron chi connectivity index (χ1n) is 8.16. The quantitative estimate of drug-likeness (QED) is 0.712. The normalized spacial score (nSPS) is 31.1. The molecule has 0 spiro atoms. The van der Waals surface area contributed by atoms with Crippen LogP contribution in [0, 0.1) is 11.8 Å². The molecule has 2 saturated carbocycles. The number of hydrogen-bond acceptors (Lipinski definition) is 3. The minimum Gasteiger partial charge on any atom is -0.389 e. The van der Waals surface area contributed by atoms with Gasteiger partial charge in [-0.3, -0.25) is 0 Å². The predicted molar refractivity (Wildman–Crippen MR) is 78.2 cm³/mol. The number of aliphatic hydroxyl groups excluding tert-OH is 1. The highest BCUT2D eigenvalue weighted by molar-refractivity contribution is 4.78. The van der Waals surface area contributed by atoms with Crippen LogP contribution in [0.2, 0.25) is 0 Å². The minimum atomic E-state index is -0.362. The van der Waals surface area contributed by atoms with Gasteiger partial charge >= 0.3 is 0 Å². The minimum absolute atomic E-state index is 0.362. The maximum atomic E-state index is 9.96. The Balaban J connectivity index is 1.52. The van der Waals surface area contributed by atoms with Crippen molar-refractivity contribution in [1.29, 1.82) is 0 Å². The summed E-state index contributed by atoms with van der Waals surface area (Å²) < 4.78 is 5.85. The van der Waals surface area contributed by atoms with Crippen LogP contribution in [0.15, 0.2) is 0 Å². The maximum Gasteiger partial charge on any atom is 0.0897 e. The molecule has 2 fully saturated rings. The van der Waals surface area contributed by atoms with Crippen molar-refractivity contribution in [2.24, 2.45) is 11.8 Å². The lowest BCUT2D eigenvalue weighted by molar-refractivity contribution is -0.0311. The number of hydrogen-bond donors (Lipinski definition) is 2. The van der Waals surface area contributed by atoms with Gasteiger partial charge in [-0.1, -0.05) is 32.6 Å². The lowest BCUT2D eigenvalue weighted by Crippen LogP contribution is -2.37.